The van der Waals surface area contributed by atoms with E-state index in [0.29, 0.717) is 12.0 Å². The number of methoxy groups -OCH3 is 1. The first kappa shape index (κ1) is 13.3. The van der Waals surface area contributed by atoms with E-state index in [4.69, 9.17) is 4.74 Å². The zero-order valence-corrected chi connectivity index (χ0v) is 10.1. The van der Waals surface area contributed by atoms with Gasteiger partial charge >= 0.3 is 0 Å². The third-order valence-corrected chi connectivity index (χ3v) is 2.76. The first-order valence-electron chi connectivity index (χ1n) is 4.93. The Labute approximate surface area is 86.8 Å². The van der Waals surface area contributed by atoms with E-state index in [1.165, 1.54) is 5.75 Å². The molecule has 0 bridgehead atoms. The van der Waals surface area contributed by atoms with Crippen molar-refractivity contribution in [3.05, 3.63) is 0 Å². The van der Waals surface area contributed by atoms with E-state index in [2.05, 4.69) is 25.4 Å². The van der Waals surface area contributed by atoms with Crippen LogP contribution in [0.2, 0.25) is 0 Å². The third-order valence-electron chi connectivity index (χ3n) is 2.15. The van der Waals surface area contributed by atoms with Crippen LogP contribution in [0.5, 0.6) is 0 Å². The van der Waals surface area contributed by atoms with Crippen molar-refractivity contribution in [1.82, 2.24) is 5.32 Å². The SMILES string of the molecule is COCCC(NCCSC)C(C)C. The number of ether oxygens (including phenoxy) is 1. The van der Waals surface area contributed by atoms with Gasteiger partial charge in [0.2, 0.25) is 0 Å². The molecule has 2 nitrogen and oxygen atoms in total. The summed E-state index contributed by atoms with van der Waals surface area (Å²) in [6.45, 7) is 6.47. The maximum Gasteiger partial charge on any atom is 0.0477 e. The standard InChI is InChI=1S/C10H23NOS/c1-9(2)10(5-7-12-3)11-6-8-13-4/h9-11H,5-8H2,1-4H3. The number of thioether (sulfide) groups is 1. The van der Waals surface area contributed by atoms with Crippen LogP contribution in [-0.2, 0) is 4.74 Å². The Balaban J connectivity index is 3.54. The zero-order chi connectivity index (χ0) is 10.1. The summed E-state index contributed by atoms with van der Waals surface area (Å²) in [5.41, 5.74) is 0. The fraction of sp³-hybridized carbons (Fsp3) is 1.00. The van der Waals surface area contributed by atoms with Gasteiger partial charge in [0, 0.05) is 32.1 Å². The van der Waals surface area contributed by atoms with Gasteiger partial charge < -0.3 is 10.1 Å². The molecule has 0 heterocycles. The lowest BCUT2D eigenvalue weighted by atomic mass is 10.0. The van der Waals surface area contributed by atoms with Gasteiger partial charge in [0.1, 0.15) is 0 Å². The maximum atomic E-state index is 5.08. The molecule has 0 rings (SSSR count). The second-order valence-corrected chi connectivity index (χ2v) is 4.56. The molecule has 13 heavy (non-hydrogen) atoms. The highest BCUT2D eigenvalue weighted by Gasteiger charge is 2.11. The van der Waals surface area contributed by atoms with E-state index in [0.717, 1.165) is 19.6 Å². The van der Waals surface area contributed by atoms with Crippen molar-refractivity contribution < 1.29 is 4.74 Å². The fourth-order valence-corrected chi connectivity index (χ4v) is 1.58. The molecule has 0 aliphatic rings. The van der Waals surface area contributed by atoms with Crippen molar-refractivity contribution in [2.75, 3.05) is 32.3 Å². The molecule has 80 valence electrons. The van der Waals surface area contributed by atoms with Gasteiger partial charge in [-0.05, 0) is 18.6 Å². The van der Waals surface area contributed by atoms with Crippen LogP contribution in [0.4, 0.5) is 0 Å². The minimum atomic E-state index is 0.604. The average molecular weight is 205 g/mol. The average Bonchev–Trinajstić information content (AvgIpc) is 2.10. The molecule has 0 saturated carbocycles. The molecular weight excluding hydrogens is 182 g/mol. The normalized spacial score (nSPS) is 13.6. The van der Waals surface area contributed by atoms with E-state index >= 15 is 0 Å². The lowest BCUT2D eigenvalue weighted by molar-refractivity contribution is 0.174. The highest BCUT2D eigenvalue weighted by Crippen LogP contribution is 2.06. The van der Waals surface area contributed by atoms with Crippen LogP contribution < -0.4 is 5.32 Å². The molecule has 1 unspecified atom stereocenters. The van der Waals surface area contributed by atoms with Gasteiger partial charge in [0.05, 0.1) is 0 Å². The molecule has 0 amide bonds. The van der Waals surface area contributed by atoms with Crippen LogP contribution in [0, 0.1) is 5.92 Å². The first-order valence-corrected chi connectivity index (χ1v) is 6.33. The summed E-state index contributed by atoms with van der Waals surface area (Å²) in [4.78, 5) is 0. The third kappa shape index (κ3) is 7.35. The summed E-state index contributed by atoms with van der Waals surface area (Å²) in [5.74, 6) is 1.88. The Morgan fingerprint density at radius 3 is 2.54 bits per heavy atom. The number of rotatable bonds is 8. The van der Waals surface area contributed by atoms with Gasteiger partial charge in [0.15, 0.2) is 0 Å². The van der Waals surface area contributed by atoms with Crippen molar-refractivity contribution in [2.45, 2.75) is 26.3 Å². The van der Waals surface area contributed by atoms with Crippen LogP contribution in [-0.4, -0.2) is 38.3 Å². The van der Waals surface area contributed by atoms with E-state index in [9.17, 15) is 0 Å². The van der Waals surface area contributed by atoms with Gasteiger partial charge in [0.25, 0.3) is 0 Å². The van der Waals surface area contributed by atoms with Crippen LogP contribution in [0.15, 0.2) is 0 Å². The van der Waals surface area contributed by atoms with E-state index in [-0.39, 0.29) is 0 Å². The lowest BCUT2D eigenvalue weighted by Crippen LogP contribution is -2.36. The summed E-state index contributed by atoms with van der Waals surface area (Å²) in [6, 6.07) is 0.604. The highest BCUT2D eigenvalue weighted by molar-refractivity contribution is 7.98. The summed E-state index contributed by atoms with van der Waals surface area (Å²) in [5, 5.41) is 3.55. The van der Waals surface area contributed by atoms with Gasteiger partial charge in [-0.3, -0.25) is 0 Å². The first-order chi connectivity index (χ1) is 6.22. The predicted molar refractivity (Wildman–Crippen MR) is 61.5 cm³/mol. The summed E-state index contributed by atoms with van der Waals surface area (Å²) < 4.78 is 5.08. The van der Waals surface area contributed by atoms with Crippen molar-refractivity contribution in [2.24, 2.45) is 5.92 Å². The summed E-state index contributed by atoms with van der Waals surface area (Å²) >= 11 is 1.89. The molecule has 3 heteroatoms. The monoisotopic (exact) mass is 205 g/mol. The van der Waals surface area contributed by atoms with Gasteiger partial charge in [-0.25, -0.2) is 0 Å². The Morgan fingerprint density at radius 1 is 1.38 bits per heavy atom. The molecule has 0 aliphatic heterocycles. The van der Waals surface area contributed by atoms with Crippen LogP contribution >= 0.6 is 11.8 Å². The van der Waals surface area contributed by atoms with Gasteiger partial charge in [-0.1, -0.05) is 13.8 Å². The molecule has 0 saturated heterocycles. The molecule has 0 aromatic heterocycles. The predicted octanol–water partition coefficient (Wildman–Crippen LogP) is 2.00. The molecule has 0 aromatic rings. The van der Waals surface area contributed by atoms with Crippen molar-refractivity contribution in [3.63, 3.8) is 0 Å². The molecule has 0 radical (unpaired) electrons. The molecular formula is C10H23NOS. The lowest BCUT2D eigenvalue weighted by Gasteiger charge is -2.21. The molecule has 0 aliphatic carbocycles. The van der Waals surface area contributed by atoms with Crippen molar-refractivity contribution in [1.29, 1.82) is 0 Å². The second-order valence-electron chi connectivity index (χ2n) is 3.58. The van der Waals surface area contributed by atoms with Gasteiger partial charge in [-0.2, -0.15) is 11.8 Å². The maximum absolute atomic E-state index is 5.08. The quantitative estimate of drug-likeness (QED) is 0.612. The Kier molecular flexibility index (Phi) is 9.03. The number of hydrogen-bond acceptors (Lipinski definition) is 3. The van der Waals surface area contributed by atoms with Crippen molar-refractivity contribution in [3.8, 4) is 0 Å². The number of nitrogens with one attached hydrogen (secondary N) is 1. The Hall–Kier alpha value is 0.270. The fourth-order valence-electron chi connectivity index (χ4n) is 1.26. The van der Waals surface area contributed by atoms with E-state index in [1.807, 2.05) is 11.8 Å². The molecule has 0 spiro atoms. The molecule has 0 fully saturated rings. The number of hydrogen-bond donors (Lipinski definition) is 1. The molecule has 0 aromatic carbocycles. The minimum absolute atomic E-state index is 0.604. The summed E-state index contributed by atoms with van der Waals surface area (Å²) in [7, 11) is 1.76. The largest absolute Gasteiger partial charge is 0.385 e. The van der Waals surface area contributed by atoms with Crippen molar-refractivity contribution >= 4 is 11.8 Å². The molecule has 1 N–H and O–H groups in total. The van der Waals surface area contributed by atoms with Crippen LogP contribution in [0.25, 0.3) is 0 Å². The van der Waals surface area contributed by atoms with Crippen LogP contribution in [0.1, 0.15) is 20.3 Å². The second kappa shape index (κ2) is 8.85. The zero-order valence-electron chi connectivity index (χ0n) is 9.30. The highest BCUT2D eigenvalue weighted by atomic mass is 32.2. The minimum Gasteiger partial charge on any atom is -0.385 e. The smallest absolute Gasteiger partial charge is 0.0477 e. The summed E-state index contributed by atoms with van der Waals surface area (Å²) in [6.07, 6.45) is 3.25. The van der Waals surface area contributed by atoms with E-state index in [1.54, 1.807) is 7.11 Å². The Morgan fingerprint density at radius 2 is 2.08 bits per heavy atom. The molecule has 1 atom stereocenters. The topological polar surface area (TPSA) is 21.3 Å². The van der Waals surface area contributed by atoms with Crippen LogP contribution in [0.3, 0.4) is 0 Å². The Bertz CT molecular complexity index is 109. The van der Waals surface area contributed by atoms with E-state index < -0.39 is 0 Å². The van der Waals surface area contributed by atoms with Gasteiger partial charge in [-0.15, -0.1) is 0 Å².